The highest BCUT2D eigenvalue weighted by atomic mass is 16.4. The molecule has 1 amide bonds. The lowest BCUT2D eigenvalue weighted by molar-refractivity contribution is -0.133. The lowest BCUT2D eigenvalue weighted by Gasteiger charge is -2.37. The first-order chi connectivity index (χ1) is 10.6. The minimum absolute atomic E-state index is 0.261. The molecule has 1 aromatic carbocycles. The summed E-state index contributed by atoms with van der Waals surface area (Å²) in [5.74, 6) is 0.0843. The predicted molar refractivity (Wildman–Crippen MR) is 83.8 cm³/mol. The van der Waals surface area contributed by atoms with Gasteiger partial charge in [0, 0.05) is 19.0 Å². The maximum absolute atomic E-state index is 12.5. The summed E-state index contributed by atoms with van der Waals surface area (Å²) >= 11 is 0. The van der Waals surface area contributed by atoms with E-state index < -0.39 is 5.97 Å². The number of carboxylic acids is 1. The van der Waals surface area contributed by atoms with Gasteiger partial charge in [0.25, 0.3) is 0 Å². The highest BCUT2D eigenvalue weighted by Crippen LogP contribution is 2.37. The van der Waals surface area contributed by atoms with E-state index in [4.69, 9.17) is 5.11 Å². The second-order valence-corrected chi connectivity index (χ2v) is 6.49. The second-order valence-electron chi connectivity index (χ2n) is 6.49. The molecule has 0 bridgehead atoms. The molecule has 1 aliphatic heterocycles. The van der Waals surface area contributed by atoms with Crippen molar-refractivity contribution in [3.05, 3.63) is 35.4 Å². The summed E-state index contributed by atoms with van der Waals surface area (Å²) in [5, 5.41) is 8.89. The summed E-state index contributed by atoms with van der Waals surface area (Å²) in [6.07, 6.45) is 7.40. The molecule has 1 atom stereocenters. The van der Waals surface area contributed by atoms with Gasteiger partial charge in [0.1, 0.15) is 0 Å². The van der Waals surface area contributed by atoms with Crippen molar-refractivity contribution in [2.24, 2.45) is 5.92 Å². The maximum atomic E-state index is 12.5. The Balaban J connectivity index is 1.54. The van der Waals surface area contributed by atoms with Gasteiger partial charge in [0.15, 0.2) is 0 Å². The van der Waals surface area contributed by atoms with Crippen molar-refractivity contribution in [1.29, 1.82) is 0 Å². The Morgan fingerprint density at radius 2 is 1.82 bits per heavy atom. The van der Waals surface area contributed by atoms with E-state index >= 15 is 0 Å². The van der Waals surface area contributed by atoms with E-state index in [1.165, 1.54) is 25.7 Å². The monoisotopic (exact) mass is 301 g/mol. The molecule has 1 unspecified atom stereocenters. The fourth-order valence-corrected chi connectivity index (χ4v) is 3.63. The third-order valence-corrected chi connectivity index (χ3v) is 5.14. The van der Waals surface area contributed by atoms with E-state index in [-0.39, 0.29) is 5.91 Å². The number of carbonyl (C=O) groups is 2. The summed E-state index contributed by atoms with van der Waals surface area (Å²) in [6, 6.07) is 7.31. The molecule has 4 heteroatoms. The molecular formula is C18H23NO3. The number of carbonyl (C=O) groups excluding carboxylic acids is 1. The van der Waals surface area contributed by atoms with Crippen LogP contribution in [0.2, 0.25) is 0 Å². The molecule has 4 nitrogen and oxygen atoms in total. The number of hydrogen-bond donors (Lipinski definition) is 1. The number of carboxylic acid groups (broad SMARTS) is 1. The normalized spacial score (nSPS) is 21.6. The van der Waals surface area contributed by atoms with Crippen LogP contribution in [0.3, 0.4) is 0 Å². The second kappa shape index (κ2) is 6.51. The number of hydrogen-bond acceptors (Lipinski definition) is 2. The first kappa shape index (κ1) is 15.1. The minimum Gasteiger partial charge on any atom is -0.478 e. The van der Waals surface area contributed by atoms with Gasteiger partial charge in [-0.15, -0.1) is 0 Å². The van der Waals surface area contributed by atoms with Crippen LogP contribution >= 0.6 is 0 Å². The number of aryl methyl sites for hydroxylation is 1. The first-order valence-corrected chi connectivity index (χ1v) is 8.27. The molecule has 1 aromatic rings. The molecule has 22 heavy (non-hydrogen) atoms. The summed E-state index contributed by atoms with van der Waals surface area (Å²) in [6.45, 7) is 0.915. The molecule has 1 saturated carbocycles. The maximum Gasteiger partial charge on any atom is 0.335 e. The Morgan fingerprint density at radius 1 is 1.09 bits per heavy atom. The lowest BCUT2D eigenvalue weighted by atomic mass is 9.79. The molecular weight excluding hydrogens is 278 g/mol. The van der Waals surface area contributed by atoms with Gasteiger partial charge in [0.2, 0.25) is 5.91 Å². The van der Waals surface area contributed by atoms with Gasteiger partial charge < -0.3 is 10.0 Å². The summed E-state index contributed by atoms with van der Waals surface area (Å²) < 4.78 is 0. The van der Waals surface area contributed by atoms with Gasteiger partial charge in [-0.3, -0.25) is 4.79 Å². The zero-order valence-electron chi connectivity index (χ0n) is 12.8. The fourth-order valence-electron chi connectivity index (χ4n) is 3.63. The molecule has 1 aliphatic carbocycles. The molecule has 0 aromatic heterocycles. The highest BCUT2D eigenvalue weighted by Gasteiger charge is 2.36. The lowest BCUT2D eigenvalue weighted by Crippen LogP contribution is -2.42. The molecule has 1 heterocycles. The predicted octanol–water partition coefficient (Wildman–Crippen LogP) is 3.11. The van der Waals surface area contributed by atoms with Gasteiger partial charge in [-0.1, -0.05) is 18.6 Å². The Labute approximate surface area is 131 Å². The minimum atomic E-state index is -0.914. The van der Waals surface area contributed by atoms with Crippen LogP contribution in [0.4, 0.5) is 0 Å². The first-order valence-electron chi connectivity index (χ1n) is 8.27. The molecule has 0 spiro atoms. The molecule has 0 radical (unpaired) electrons. The van der Waals surface area contributed by atoms with Crippen LogP contribution < -0.4 is 0 Å². The van der Waals surface area contributed by atoms with Crippen molar-refractivity contribution < 1.29 is 14.7 Å². The van der Waals surface area contributed by atoms with E-state index in [0.29, 0.717) is 24.4 Å². The average molecular weight is 301 g/mol. The average Bonchev–Trinajstić information content (AvgIpc) is 2.92. The van der Waals surface area contributed by atoms with Crippen LogP contribution in [0.5, 0.6) is 0 Å². The third-order valence-electron chi connectivity index (χ3n) is 5.14. The Kier molecular flexibility index (Phi) is 4.46. The van der Waals surface area contributed by atoms with Crippen LogP contribution in [0, 0.1) is 5.92 Å². The van der Waals surface area contributed by atoms with Crippen LogP contribution in [-0.4, -0.2) is 34.5 Å². The number of aromatic carboxylic acids is 1. The van der Waals surface area contributed by atoms with Gasteiger partial charge in [0.05, 0.1) is 5.56 Å². The van der Waals surface area contributed by atoms with E-state index in [2.05, 4.69) is 4.90 Å². The van der Waals surface area contributed by atoms with Gasteiger partial charge >= 0.3 is 5.97 Å². The van der Waals surface area contributed by atoms with Gasteiger partial charge in [-0.2, -0.15) is 0 Å². The van der Waals surface area contributed by atoms with Gasteiger partial charge in [-0.25, -0.2) is 4.79 Å². The smallest absolute Gasteiger partial charge is 0.335 e. The number of benzene rings is 1. The van der Waals surface area contributed by atoms with E-state index in [1.54, 1.807) is 12.1 Å². The van der Waals surface area contributed by atoms with E-state index in [0.717, 1.165) is 24.4 Å². The van der Waals surface area contributed by atoms with Crippen LogP contribution in [-0.2, 0) is 11.2 Å². The zero-order valence-corrected chi connectivity index (χ0v) is 12.8. The zero-order chi connectivity index (χ0) is 15.5. The standard InChI is InChI=1S/C18H23NO3/c20-17(19-12-2-5-16(19)14-3-1-4-14)11-8-13-6-9-15(10-7-13)18(21)22/h6-7,9-10,14,16H,1-5,8,11-12H2,(H,21,22). The molecule has 1 N–H and O–H groups in total. The summed E-state index contributed by atoms with van der Waals surface area (Å²) in [5.41, 5.74) is 1.32. The molecule has 1 saturated heterocycles. The van der Waals surface area contributed by atoms with Crippen molar-refractivity contribution in [3.8, 4) is 0 Å². The van der Waals surface area contributed by atoms with Crippen LogP contribution in [0.15, 0.2) is 24.3 Å². The van der Waals surface area contributed by atoms with E-state index in [1.807, 2.05) is 12.1 Å². The van der Waals surface area contributed by atoms with Crippen molar-refractivity contribution in [2.75, 3.05) is 6.54 Å². The molecule has 2 fully saturated rings. The highest BCUT2D eigenvalue weighted by molar-refractivity contribution is 5.87. The van der Waals surface area contributed by atoms with E-state index in [9.17, 15) is 9.59 Å². The summed E-state index contributed by atoms with van der Waals surface area (Å²) in [4.78, 5) is 25.4. The number of likely N-dealkylation sites (tertiary alicyclic amines) is 1. The SMILES string of the molecule is O=C(O)c1ccc(CCC(=O)N2CCCC2C2CCC2)cc1. The number of nitrogens with zero attached hydrogens (tertiary/aromatic N) is 1. The topological polar surface area (TPSA) is 57.6 Å². The van der Waals surface area contributed by atoms with Crippen LogP contribution in [0.25, 0.3) is 0 Å². The van der Waals surface area contributed by atoms with Crippen molar-refractivity contribution in [2.45, 2.75) is 51.0 Å². The number of rotatable bonds is 5. The van der Waals surface area contributed by atoms with Gasteiger partial charge in [-0.05, 0) is 55.7 Å². The Bertz CT molecular complexity index is 548. The third kappa shape index (κ3) is 3.16. The molecule has 3 rings (SSSR count). The quantitative estimate of drug-likeness (QED) is 0.909. The largest absolute Gasteiger partial charge is 0.478 e. The van der Waals surface area contributed by atoms with Crippen molar-refractivity contribution >= 4 is 11.9 Å². The fraction of sp³-hybridized carbons (Fsp3) is 0.556. The number of amides is 1. The summed E-state index contributed by atoms with van der Waals surface area (Å²) in [7, 11) is 0. The van der Waals surface area contributed by atoms with Crippen molar-refractivity contribution in [3.63, 3.8) is 0 Å². The molecule has 118 valence electrons. The Morgan fingerprint density at radius 3 is 2.41 bits per heavy atom. The van der Waals surface area contributed by atoms with Crippen molar-refractivity contribution in [1.82, 2.24) is 4.90 Å². The Hall–Kier alpha value is -1.84. The van der Waals surface area contributed by atoms with Crippen LogP contribution in [0.1, 0.15) is 54.4 Å². The molecule has 2 aliphatic rings.